The standard InChI is InChI=1S/C25H34N6O4/c1-29-6-2-3-19-4-5-20(17-22(19)29)26-24(32)21-18-23(35-16-9-30-7-12-33-13-8-30)28-25(27-21)31-10-14-34-15-11-31/h4-5,17-18H,2-3,6-16H2,1H3,(H,26,32). The lowest BCUT2D eigenvalue weighted by atomic mass is 10.0. The van der Waals surface area contributed by atoms with Crippen molar-refractivity contribution in [3.63, 3.8) is 0 Å². The molecule has 4 heterocycles. The third kappa shape index (κ3) is 6.01. The van der Waals surface area contributed by atoms with Crippen molar-refractivity contribution in [2.24, 2.45) is 0 Å². The number of aryl methyl sites for hydroxylation is 1. The molecule has 0 aliphatic carbocycles. The molecule has 10 nitrogen and oxygen atoms in total. The predicted molar refractivity (Wildman–Crippen MR) is 134 cm³/mol. The van der Waals surface area contributed by atoms with Crippen LogP contribution in [-0.2, 0) is 15.9 Å². The lowest BCUT2D eigenvalue weighted by Gasteiger charge is -2.28. The third-order valence-corrected chi connectivity index (χ3v) is 6.67. The Morgan fingerprint density at radius 3 is 2.60 bits per heavy atom. The molecule has 1 aromatic heterocycles. The molecular formula is C25H34N6O4. The maximum atomic E-state index is 13.2. The average Bonchev–Trinajstić information content (AvgIpc) is 2.90. The summed E-state index contributed by atoms with van der Waals surface area (Å²) in [5.74, 6) is 0.621. The first kappa shape index (κ1) is 23.8. The molecule has 2 saturated heterocycles. The second-order valence-corrected chi connectivity index (χ2v) is 9.12. The number of rotatable bonds is 7. The maximum absolute atomic E-state index is 13.2. The number of nitrogens with zero attached hydrogens (tertiary/aromatic N) is 5. The van der Waals surface area contributed by atoms with Gasteiger partial charge in [-0.25, -0.2) is 4.98 Å². The Morgan fingerprint density at radius 2 is 1.80 bits per heavy atom. The van der Waals surface area contributed by atoms with Crippen LogP contribution in [-0.4, -0.2) is 100 Å². The van der Waals surface area contributed by atoms with Gasteiger partial charge in [0, 0.05) is 63.8 Å². The van der Waals surface area contributed by atoms with Crippen molar-refractivity contribution in [2.75, 3.05) is 94.5 Å². The smallest absolute Gasteiger partial charge is 0.274 e. The number of nitrogens with one attached hydrogen (secondary N) is 1. The number of anilines is 3. The number of fused-ring (bicyclic) bond motifs is 1. The van der Waals surface area contributed by atoms with Crippen molar-refractivity contribution in [3.8, 4) is 5.88 Å². The highest BCUT2D eigenvalue weighted by molar-refractivity contribution is 6.03. The fourth-order valence-corrected chi connectivity index (χ4v) is 4.64. The fraction of sp³-hybridized carbons (Fsp3) is 0.560. The first-order valence-corrected chi connectivity index (χ1v) is 12.5. The van der Waals surface area contributed by atoms with E-state index in [-0.39, 0.29) is 11.6 Å². The number of aromatic nitrogens is 2. The van der Waals surface area contributed by atoms with Gasteiger partial charge in [0.05, 0.1) is 26.4 Å². The van der Waals surface area contributed by atoms with E-state index >= 15 is 0 Å². The summed E-state index contributed by atoms with van der Waals surface area (Å²) in [5.41, 5.74) is 3.51. The number of benzene rings is 1. The number of hydrogen-bond acceptors (Lipinski definition) is 9. The number of hydrogen-bond donors (Lipinski definition) is 1. The van der Waals surface area contributed by atoms with E-state index in [0.29, 0.717) is 44.7 Å². The molecule has 1 aromatic carbocycles. The van der Waals surface area contributed by atoms with Gasteiger partial charge in [-0.05, 0) is 30.5 Å². The number of carbonyl (C=O) groups excluding carboxylic acids is 1. The molecular weight excluding hydrogens is 448 g/mol. The topological polar surface area (TPSA) is 92.3 Å². The van der Waals surface area contributed by atoms with Crippen LogP contribution in [0.2, 0.25) is 0 Å². The zero-order valence-electron chi connectivity index (χ0n) is 20.4. The van der Waals surface area contributed by atoms with Gasteiger partial charge in [-0.1, -0.05) is 6.07 Å². The van der Waals surface area contributed by atoms with Gasteiger partial charge in [-0.3, -0.25) is 9.69 Å². The Balaban J connectivity index is 1.31. The predicted octanol–water partition coefficient (Wildman–Crippen LogP) is 1.66. The molecule has 0 unspecified atom stereocenters. The zero-order valence-corrected chi connectivity index (χ0v) is 20.4. The molecule has 0 spiro atoms. The lowest BCUT2D eigenvalue weighted by molar-refractivity contribution is 0.0320. The molecule has 3 aliphatic rings. The minimum atomic E-state index is -0.279. The van der Waals surface area contributed by atoms with Crippen LogP contribution in [0, 0.1) is 0 Å². The van der Waals surface area contributed by atoms with E-state index < -0.39 is 0 Å². The monoisotopic (exact) mass is 482 g/mol. The van der Waals surface area contributed by atoms with Gasteiger partial charge in [0.25, 0.3) is 5.91 Å². The molecule has 35 heavy (non-hydrogen) atoms. The summed E-state index contributed by atoms with van der Waals surface area (Å²) >= 11 is 0. The Hall–Kier alpha value is -2.95. The molecule has 1 amide bonds. The van der Waals surface area contributed by atoms with Crippen LogP contribution in [0.1, 0.15) is 22.5 Å². The van der Waals surface area contributed by atoms with Crippen LogP contribution in [0.15, 0.2) is 24.3 Å². The average molecular weight is 483 g/mol. The van der Waals surface area contributed by atoms with Crippen molar-refractivity contribution >= 4 is 23.2 Å². The van der Waals surface area contributed by atoms with Crippen LogP contribution < -0.4 is 19.9 Å². The lowest BCUT2D eigenvalue weighted by Crippen LogP contribution is -2.39. The summed E-state index contributed by atoms with van der Waals surface area (Å²) in [6.07, 6.45) is 2.21. The molecule has 0 bridgehead atoms. The molecule has 3 aliphatic heterocycles. The molecule has 188 valence electrons. The van der Waals surface area contributed by atoms with E-state index in [1.165, 1.54) is 5.56 Å². The number of morpholine rings is 2. The van der Waals surface area contributed by atoms with Crippen LogP contribution >= 0.6 is 0 Å². The first-order valence-electron chi connectivity index (χ1n) is 12.5. The normalized spacial score (nSPS) is 18.8. The summed E-state index contributed by atoms with van der Waals surface area (Å²) < 4.78 is 16.9. The quantitative estimate of drug-likeness (QED) is 0.633. The first-order chi connectivity index (χ1) is 17.2. The van der Waals surface area contributed by atoms with Gasteiger partial charge < -0.3 is 29.3 Å². The number of ether oxygens (including phenoxy) is 3. The van der Waals surface area contributed by atoms with E-state index in [1.807, 2.05) is 17.0 Å². The van der Waals surface area contributed by atoms with E-state index in [0.717, 1.165) is 63.6 Å². The van der Waals surface area contributed by atoms with Crippen LogP contribution in [0.25, 0.3) is 0 Å². The molecule has 0 radical (unpaired) electrons. The summed E-state index contributed by atoms with van der Waals surface area (Å²) in [4.78, 5) is 29.0. The Morgan fingerprint density at radius 1 is 1.03 bits per heavy atom. The van der Waals surface area contributed by atoms with Crippen molar-refractivity contribution in [2.45, 2.75) is 12.8 Å². The van der Waals surface area contributed by atoms with Crippen LogP contribution in [0.3, 0.4) is 0 Å². The van der Waals surface area contributed by atoms with Gasteiger partial charge in [0.2, 0.25) is 11.8 Å². The minimum Gasteiger partial charge on any atom is -0.476 e. The summed E-state index contributed by atoms with van der Waals surface area (Å²) in [7, 11) is 2.09. The van der Waals surface area contributed by atoms with Crippen LogP contribution in [0.5, 0.6) is 5.88 Å². The van der Waals surface area contributed by atoms with E-state index in [9.17, 15) is 4.79 Å². The largest absolute Gasteiger partial charge is 0.476 e. The molecule has 2 fully saturated rings. The van der Waals surface area contributed by atoms with Gasteiger partial charge in [0.15, 0.2) is 0 Å². The summed E-state index contributed by atoms with van der Waals surface area (Å²) in [5, 5.41) is 3.02. The highest BCUT2D eigenvalue weighted by atomic mass is 16.5. The SMILES string of the molecule is CN1CCCc2ccc(NC(=O)c3cc(OCCN4CCOCC4)nc(N4CCOCC4)n3)cc21. The Labute approximate surface area is 206 Å². The molecule has 5 rings (SSSR count). The van der Waals surface area contributed by atoms with Gasteiger partial charge in [0.1, 0.15) is 12.3 Å². The van der Waals surface area contributed by atoms with Gasteiger partial charge >= 0.3 is 0 Å². The molecule has 1 N–H and O–H groups in total. The third-order valence-electron chi connectivity index (χ3n) is 6.67. The highest BCUT2D eigenvalue weighted by Crippen LogP contribution is 2.29. The van der Waals surface area contributed by atoms with Gasteiger partial charge in [-0.2, -0.15) is 4.98 Å². The van der Waals surface area contributed by atoms with Crippen molar-refractivity contribution in [1.29, 1.82) is 0 Å². The maximum Gasteiger partial charge on any atom is 0.274 e. The summed E-state index contributed by atoms with van der Waals surface area (Å²) in [6.45, 7) is 8.14. The van der Waals surface area contributed by atoms with E-state index in [4.69, 9.17) is 14.2 Å². The second-order valence-electron chi connectivity index (χ2n) is 9.12. The van der Waals surface area contributed by atoms with Crippen molar-refractivity contribution in [3.05, 3.63) is 35.5 Å². The van der Waals surface area contributed by atoms with E-state index in [1.54, 1.807) is 6.07 Å². The molecule has 0 atom stereocenters. The molecule has 10 heteroatoms. The highest BCUT2D eigenvalue weighted by Gasteiger charge is 2.20. The Bertz CT molecular complexity index is 1020. The Kier molecular flexibility index (Phi) is 7.60. The number of carbonyl (C=O) groups is 1. The molecule has 2 aromatic rings. The van der Waals surface area contributed by atoms with E-state index in [2.05, 4.69) is 38.2 Å². The van der Waals surface area contributed by atoms with Crippen LogP contribution in [0.4, 0.5) is 17.3 Å². The van der Waals surface area contributed by atoms with Crippen molar-refractivity contribution < 1.29 is 19.0 Å². The zero-order chi connectivity index (χ0) is 24.0. The van der Waals surface area contributed by atoms with Crippen molar-refractivity contribution in [1.82, 2.24) is 14.9 Å². The number of amides is 1. The van der Waals surface area contributed by atoms with Gasteiger partial charge in [-0.15, -0.1) is 0 Å². The summed E-state index contributed by atoms with van der Waals surface area (Å²) in [6, 6.07) is 7.72. The minimum absolute atomic E-state index is 0.279. The fourth-order valence-electron chi connectivity index (χ4n) is 4.64. The second kappa shape index (κ2) is 11.2. The molecule has 0 saturated carbocycles.